The molecule has 6 heteroatoms. The first-order valence-corrected chi connectivity index (χ1v) is 6.75. The fourth-order valence-electron chi connectivity index (χ4n) is 2.07. The van der Waals surface area contributed by atoms with E-state index in [9.17, 15) is 14.9 Å². The molecule has 110 valence electrons. The monoisotopic (exact) mass is 279 g/mol. The Hall–Kier alpha value is -2.11. The summed E-state index contributed by atoms with van der Waals surface area (Å²) in [6.07, 6.45) is 0. The fraction of sp³-hybridized carbons (Fsp3) is 0.500. The largest absolute Gasteiger partial charge is 0.385 e. The summed E-state index contributed by atoms with van der Waals surface area (Å²) in [5.74, 6) is -0.192. The SMILES string of the molecule is CCNc1ccc([N+](=O)[O-])cc1C(=O)N(CC)C(C)C. The summed E-state index contributed by atoms with van der Waals surface area (Å²) in [5, 5.41) is 13.9. The van der Waals surface area contributed by atoms with Gasteiger partial charge in [0.15, 0.2) is 0 Å². The van der Waals surface area contributed by atoms with E-state index < -0.39 is 4.92 Å². The number of rotatable bonds is 6. The number of carbonyl (C=O) groups is 1. The van der Waals surface area contributed by atoms with Crippen LogP contribution in [0.2, 0.25) is 0 Å². The van der Waals surface area contributed by atoms with E-state index in [1.807, 2.05) is 27.7 Å². The van der Waals surface area contributed by atoms with Gasteiger partial charge in [-0.1, -0.05) is 0 Å². The summed E-state index contributed by atoms with van der Waals surface area (Å²) < 4.78 is 0. The van der Waals surface area contributed by atoms with Crippen LogP contribution in [0.3, 0.4) is 0 Å². The molecule has 0 unspecified atom stereocenters. The number of nitrogens with one attached hydrogen (secondary N) is 1. The molecule has 0 spiro atoms. The Bertz CT molecular complexity index is 500. The molecule has 1 amide bonds. The van der Waals surface area contributed by atoms with Crippen molar-refractivity contribution in [3.63, 3.8) is 0 Å². The zero-order chi connectivity index (χ0) is 15.3. The number of anilines is 1. The second-order valence-electron chi connectivity index (χ2n) is 4.70. The first kappa shape index (κ1) is 15.9. The summed E-state index contributed by atoms with van der Waals surface area (Å²) in [7, 11) is 0. The molecule has 1 aromatic rings. The van der Waals surface area contributed by atoms with Crippen LogP contribution in [0.25, 0.3) is 0 Å². The molecule has 6 nitrogen and oxygen atoms in total. The van der Waals surface area contributed by atoms with E-state index >= 15 is 0 Å². The second-order valence-corrected chi connectivity index (χ2v) is 4.70. The van der Waals surface area contributed by atoms with Crippen molar-refractivity contribution in [1.29, 1.82) is 0 Å². The van der Waals surface area contributed by atoms with Gasteiger partial charge in [0.25, 0.3) is 11.6 Å². The van der Waals surface area contributed by atoms with Gasteiger partial charge < -0.3 is 10.2 Å². The van der Waals surface area contributed by atoms with Crippen molar-refractivity contribution in [3.05, 3.63) is 33.9 Å². The van der Waals surface area contributed by atoms with E-state index in [-0.39, 0.29) is 17.6 Å². The number of nitro benzene ring substituents is 1. The van der Waals surface area contributed by atoms with Crippen molar-refractivity contribution in [2.45, 2.75) is 33.7 Å². The highest BCUT2D eigenvalue weighted by atomic mass is 16.6. The Kier molecular flexibility index (Phi) is 5.49. The second kappa shape index (κ2) is 6.88. The lowest BCUT2D eigenvalue weighted by Gasteiger charge is -2.26. The summed E-state index contributed by atoms with van der Waals surface area (Å²) in [4.78, 5) is 24.6. The van der Waals surface area contributed by atoms with E-state index in [0.29, 0.717) is 24.3 Å². The Morgan fingerprint density at radius 3 is 2.50 bits per heavy atom. The van der Waals surface area contributed by atoms with Crippen LogP contribution in [-0.2, 0) is 0 Å². The maximum absolute atomic E-state index is 12.6. The number of amides is 1. The lowest BCUT2D eigenvalue weighted by atomic mass is 10.1. The van der Waals surface area contributed by atoms with Crippen molar-refractivity contribution in [2.75, 3.05) is 18.4 Å². The Balaban J connectivity index is 3.27. The van der Waals surface area contributed by atoms with Crippen molar-refractivity contribution >= 4 is 17.3 Å². The van der Waals surface area contributed by atoms with Crippen molar-refractivity contribution in [3.8, 4) is 0 Å². The molecule has 0 aliphatic carbocycles. The maximum Gasteiger partial charge on any atom is 0.270 e. The van der Waals surface area contributed by atoms with Crippen LogP contribution in [0.5, 0.6) is 0 Å². The third-order valence-corrected chi connectivity index (χ3v) is 3.04. The number of benzene rings is 1. The molecule has 0 atom stereocenters. The third kappa shape index (κ3) is 3.46. The maximum atomic E-state index is 12.6. The van der Waals surface area contributed by atoms with E-state index in [4.69, 9.17) is 0 Å². The third-order valence-electron chi connectivity index (χ3n) is 3.04. The first-order valence-electron chi connectivity index (χ1n) is 6.75. The summed E-state index contributed by atoms with van der Waals surface area (Å²) >= 11 is 0. The summed E-state index contributed by atoms with van der Waals surface area (Å²) in [5.41, 5.74) is 0.897. The minimum atomic E-state index is -0.488. The Labute approximate surface area is 118 Å². The Morgan fingerprint density at radius 2 is 2.05 bits per heavy atom. The number of nitro groups is 1. The van der Waals surface area contributed by atoms with Crippen LogP contribution in [0.1, 0.15) is 38.1 Å². The molecule has 0 heterocycles. The van der Waals surface area contributed by atoms with E-state index in [1.165, 1.54) is 12.1 Å². The van der Waals surface area contributed by atoms with Crippen molar-refractivity contribution < 1.29 is 9.72 Å². The molecule has 0 saturated heterocycles. The number of nitrogens with zero attached hydrogens (tertiary/aromatic N) is 2. The molecule has 0 fully saturated rings. The molecule has 0 saturated carbocycles. The predicted molar refractivity (Wildman–Crippen MR) is 79.1 cm³/mol. The molecular formula is C14H21N3O3. The van der Waals surface area contributed by atoms with Gasteiger partial charge in [0.2, 0.25) is 0 Å². The zero-order valence-electron chi connectivity index (χ0n) is 12.3. The topological polar surface area (TPSA) is 75.5 Å². The lowest BCUT2D eigenvalue weighted by molar-refractivity contribution is -0.384. The normalized spacial score (nSPS) is 10.4. The molecule has 1 aromatic carbocycles. The van der Waals surface area contributed by atoms with Crippen LogP contribution < -0.4 is 5.32 Å². The quantitative estimate of drug-likeness (QED) is 0.641. The highest BCUT2D eigenvalue weighted by Gasteiger charge is 2.22. The predicted octanol–water partition coefficient (Wildman–Crippen LogP) is 2.90. The average molecular weight is 279 g/mol. The Morgan fingerprint density at radius 1 is 1.40 bits per heavy atom. The van der Waals surface area contributed by atoms with Gasteiger partial charge in [-0.2, -0.15) is 0 Å². The van der Waals surface area contributed by atoms with Gasteiger partial charge in [-0.3, -0.25) is 14.9 Å². The molecule has 1 N–H and O–H groups in total. The fourth-order valence-corrected chi connectivity index (χ4v) is 2.07. The number of non-ortho nitro benzene ring substituents is 1. The minimum Gasteiger partial charge on any atom is -0.385 e. The standard InChI is InChI=1S/C14H21N3O3/c1-5-15-13-8-7-11(17(19)20)9-12(13)14(18)16(6-2)10(3)4/h7-10,15H,5-6H2,1-4H3. The highest BCUT2D eigenvalue weighted by molar-refractivity contribution is 6.00. The van der Waals surface area contributed by atoms with Crippen LogP contribution in [-0.4, -0.2) is 34.9 Å². The molecule has 0 radical (unpaired) electrons. The molecule has 0 aromatic heterocycles. The van der Waals surface area contributed by atoms with Gasteiger partial charge in [-0.15, -0.1) is 0 Å². The lowest BCUT2D eigenvalue weighted by Crippen LogP contribution is -2.37. The van der Waals surface area contributed by atoms with Gasteiger partial charge >= 0.3 is 0 Å². The molecule has 0 aliphatic heterocycles. The van der Waals surface area contributed by atoms with E-state index in [0.717, 1.165) is 0 Å². The number of hydrogen-bond acceptors (Lipinski definition) is 4. The van der Waals surface area contributed by atoms with Gasteiger partial charge in [-0.25, -0.2) is 0 Å². The van der Waals surface area contributed by atoms with Gasteiger partial charge in [0, 0.05) is 37.0 Å². The molecule has 0 aliphatic rings. The summed E-state index contributed by atoms with van der Waals surface area (Å²) in [6, 6.07) is 4.37. The van der Waals surface area contributed by atoms with Gasteiger partial charge in [0.1, 0.15) is 0 Å². The molecule has 0 bridgehead atoms. The van der Waals surface area contributed by atoms with Crippen LogP contribution in [0, 0.1) is 10.1 Å². The van der Waals surface area contributed by atoms with E-state index in [1.54, 1.807) is 11.0 Å². The van der Waals surface area contributed by atoms with Crippen molar-refractivity contribution in [2.24, 2.45) is 0 Å². The zero-order valence-corrected chi connectivity index (χ0v) is 12.3. The van der Waals surface area contributed by atoms with Gasteiger partial charge in [-0.05, 0) is 33.8 Å². The number of hydrogen-bond donors (Lipinski definition) is 1. The summed E-state index contributed by atoms with van der Waals surface area (Å²) in [6.45, 7) is 8.85. The molecule has 1 rings (SSSR count). The molecule has 20 heavy (non-hydrogen) atoms. The van der Waals surface area contributed by atoms with Crippen LogP contribution in [0.15, 0.2) is 18.2 Å². The molecular weight excluding hydrogens is 258 g/mol. The smallest absolute Gasteiger partial charge is 0.270 e. The average Bonchev–Trinajstić information content (AvgIpc) is 2.39. The first-order chi connectivity index (χ1) is 9.42. The highest BCUT2D eigenvalue weighted by Crippen LogP contribution is 2.24. The minimum absolute atomic E-state index is 0.0428. The van der Waals surface area contributed by atoms with Crippen LogP contribution in [0.4, 0.5) is 11.4 Å². The van der Waals surface area contributed by atoms with Gasteiger partial charge in [0.05, 0.1) is 10.5 Å². The van der Waals surface area contributed by atoms with Crippen LogP contribution >= 0.6 is 0 Å². The van der Waals surface area contributed by atoms with Crippen molar-refractivity contribution in [1.82, 2.24) is 4.90 Å². The number of carbonyl (C=O) groups excluding carboxylic acids is 1. The van der Waals surface area contributed by atoms with E-state index in [2.05, 4.69) is 5.32 Å².